The first-order chi connectivity index (χ1) is 8.74. The molecule has 0 bridgehead atoms. The highest BCUT2D eigenvalue weighted by molar-refractivity contribution is 9.10. The van der Waals surface area contributed by atoms with Gasteiger partial charge in [0.25, 0.3) is 0 Å². The summed E-state index contributed by atoms with van der Waals surface area (Å²) in [6, 6.07) is 4.60. The van der Waals surface area contributed by atoms with Crippen LogP contribution in [0.3, 0.4) is 0 Å². The fraction of sp³-hybridized carbons (Fsp3) is 0.571. The molecule has 1 fully saturated rings. The molecule has 1 aliphatic carbocycles. The van der Waals surface area contributed by atoms with Crippen LogP contribution in [-0.4, -0.2) is 19.7 Å². The summed E-state index contributed by atoms with van der Waals surface area (Å²) in [5.74, 6) is 1.14. The van der Waals surface area contributed by atoms with Gasteiger partial charge < -0.3 is 10.1 Å². The predicted octanol–water partition coefficient (Wildman–Crippen LogP) is 3.75. The monoisotopic (exact) mass is 315 g/mol. The van der Waals surface area contributed by atoms with Gasteiger partial charge in [0, 0.05) is 17.1 Å². The standard InChI is InChI=1S/C14H19BrFNO/c15-12-7-13(16)9-14(8-12)18-6-5-17-10-11-3-1-2-4-11/h7-9,11,17H,1-6,10H2. The lowest BCUT2D eigenvalue weighted by Gasteiger charge is -2.11. The molecule has 1 N–H and O–H groups in total. The zero-order chi connectivity index (χ0) is 12.8. The molecule has 1 saturated carbocycles. The second kappa shape index (κ2) is 7.10. The Balaban J connectivity index is 1.62. The quantitative estimate of drug-likeness (QED) is 0.807. The fourth-order valence-electron chi connectivity index (χ4n) is 2.37. The van der Waals surface area contributed by atoms with Crippen LogP contribution >= 0.6 is 15.9 Å². The van der Waals surface area contributed by atoms with Crippen molar-refractivity contribution < 1.29 is 9.13 Å². The first-order valence-electron chi connectivity index (χ1n) is 6.53. The van der Waals surface area contributed by atoms with Crippen LogP contribution < -0.4 is 10.1 Å². The van der Waals surface area contributed by atoms with E-state index in [1.165, 1.54) is 37.8 Å². The summed E-state index contributed by atoms with van der Waals surface area (Å²) in [6.07, 6.45) is 5.45. The van der Waals surface area contributed by atoms with E-state index >= 15 is 0 Å². The molecule has 18 heavy (non-hydrogen) atoms. The van der Waals surface area contributed by atoms with E-state index in [4.69, 9.17) is 4.74 Å². The summed E-state index contributed by atoms with van der Waals surface area (Å²) >= 11 is 3.24. The Morgan fingerprint density at radius 3 is 2.78 bits per heavy atom. The van der Waals surface area contributed by atoms with Crippen molar-refractivity contribution in [2.24, 2.45) is 5.92 Å². The van der Waals surface area contributed by atoms with E-state index in [-0.39, 0.29) is 5.82 Å². The Bertz CT molecular complexity index is 360. The summed E-state index contributed by atoms with van der Waals surface area (Å²) in [5.41, 5.74) is 0. The highest BCUT2D eigenvalue weighted by Gasteiger charge is 2.13. The van der Waals surface area contributed by atoms with Crippen LogP contribution in [0.5, 0.6) is 5.75 Å². The molecule has 0 spiro atoms. The number of halogens is 2. The Kier molecular flexibility index (Phi) is 5.45. The highest BCUT2D eigenvalue weighted by atomic mass is 79.9. The van der Waals surface area contributed by atoms with Crippen molar-refractivity contribution in [2.45, 2.75) is 25.7 Å². The van der Waals surface area contributed by atoms with E-state index in [1.807, 2.05) is 0 Å². The van der Waals surface area contributed by atoms with Gasteiger partial charge in [-0.05, 0) is 37.4 Å². The van der Waals surface area contributed by atoms with E-state index in [1.54, 1.807) is 6.07 Å². The van der Waals surface area contributed by atoms with Crippen molar-refractivity contribution in [1.29, 1.82) is 0 Å². The molecule has 0 atom stereocenters. The molecule has 1 aromatic carbocycles. The zero-order valence-electron chi connectivity index (χ0n) is 10.4. The summed E-state index contributed by atoms with van der Waals surface area (Å²) in [7, 11) is 0. The zero-order valence-corrected chi connectivity index (χ0v) is 12.0. The van der Waals surface area contributed by atoms with Crippen LogP contribution in [0.4, 0.5) is 4.39 Å². The highest BCUT2D eigenvalue weighted by Crippen LogP contribution is 2.23. The largest absolute Gasteiger partial charge is 0.492 e. The maximum absolute atomic E-state index is 13.1. The number of nitrogens with one attached hydrogen (secondary N) is 1. The first kappa shape index (κ1) is 13.8. The van der Waals surface area contributed by atoms with Gasteiger partial charge in [0.05, 0.1) is 0 Å². The third kappa shape index (κ3) is 4.58. The average Bonchev–Trinajstić information content (AvgIpc) is 2.80. The smallest absolute Gasteiger partial charge is 0.128 e. The van der Waals surface area contributed by atoms with Crippen LogP contribution in [0.2, 0.25) is 0 Å². The molecule has 100 valence electrons. The van der Waals surface area contributed by atoms with Crippen molar-refractivity contribution in [2.75, 3.05) is 19.7 Å². The van der Waals surface area contributed by atoms with Gasteiger partial charge in [0.2, 0.25) is 0 Å². The molecule has 0 heterocycles. The van der Waals surface area contributed by atoms with Crippen molar-refractivity contribution in [3.63, 3.8) is 0 Å². The summed E-state index contributed by atoms with van der Waals surface area (Å²) in [4.78, 5) is 0. The lowest BCUT2D eigenvalue weighted by molar-refractivity contribution is 0.307. The summed E-state index contributed by atoms with van der Waals surface area (Å²) < 4.78 is 19.3. The van der Waals surface area contributed by atoms with E-state index in [9.17, 15) is 4.39 Å². The molecular weight excluding hydrogens is 297 g/mol. The number of hydrogen-bond donors (Lipinski definition) is 1. The van der Waals surface area contributed by atoms with Crippen molar-refractivity contribution in [1.82, 2.24) is 5.32 Å². The van der Waals surface area contributed by atoms with Crippen LogP contribution in [0.15, 0.2) is 22.7 Å². The molecule has 0 aliphatic heterocycles. The number of ether oxygens (including phenoxy) is 1. The SMILES string of the molecule is Fc1cc(Br)cc(OCCNCC2CCCC2)c1. The minimum absolute atomic E-state index is 0.279. The molecule has 0 radical (unpaired) electrons. The molecule has 4 heteroatoms. The third-order valence-corrected chi connectivity index (χ3v) is 3.75. The Morgan fingerprint density at radius 1 is 1.28 bits per heavy atom. The molecule has 0 amide bonds. The van der Waals surface area contributed by atoms with E-state index in [0.717, 1.165) is 19.0 Å². The molecule has 1 aromatic rings. The fourth-order valence-corrected chi connectivity index (χ4v) is 2.82. The van der Waals surface area contributed by atoms with Crippen LogP contribution in [0.1, 0.15) is 25.7 Å². The van der Waals surface area contributed by atoms with Gasteiger partial charge in [0.1, 0.15) is 18.2 Å². The van der Waals surface area contributed by atoms with E-state index in [0.29, 0.717) is 16.8 Å². The predicted molar refractivity (Wildman–Crippen MR) is 74.4 cm³/mol. The van der Waals surface area contributed by atoms with E-state index in [2.05, 4.69) is 21.2 Å². The van der Waals surface area contributed by atoms with Crippen molar-refractivity contribution in [3.8, 4) is 5.75 Å². The average molecular weight is 316 g/mol. The van der Waals surface area contributed by atoms with Crippen LogP contribution in [0, 0.1) is 11.7 Å². The molecule has 0 saturated heterocycles. The Hall–Kier alpha value is -0.610. The maximum atomic E-state index is 13.1. The Labute approximate surface area is 116 Å². The van der Waals surface area contributed by atoms with Gasteiger partial charge in [-0.1, -0.05) is 28.8 Å². The van der Waals surface area contributed by atoms with Crippen LogP contribution in [-0.2, 0) is 0 Å². The number of benzene rings is 1. The van der Waals surface area contributed by atoms with Crippen molar-refractivity contribution >= 4 is 15.9 Å². The molecule has 2 rings (SSSR count). The van der Waals surface area contributed by atoms with Gasteiger partial charge in [0.15, 0.2) is 0 Å². The normalized spacial score (nSPS) is 16.1. The van der Waals surface area contributed by atoms with Crippen molar-refractivity contribution in [3.05, 3.63) is 28.5 Å². The molecular formula is C14H19BrFNO. The molecule has 0 aromatic heterocycles. The summed E-state index contributed by atoms with van der Waals surface area (Å²) in [5, 5.41) is 3.40. The lowest BCUT2D eigenvalue weighted by Crippen LogP contribution is -2.26. The Morgan fingerprint density at radius 2 is 2.06 bits per heavy atom. The van der Waals surface area contributed by atoms with Gasteiger partial charge in [-0.3, -0.25) is 0 Å². The minimum atomic E-state index is -0.279. The minimum Gasteiger partial charge on any atom is -0.492 e. The van der Waals surface area contributed by atoms with E-state index < -0.39 is 0 Å². The molecule has 2 nitrogen and oxygen atoms in total. The molecule has 0 unspecified atom stereocenters. The van der Waals surface area contributed by atoms with Gasteiger partial charge >= 0.3 is 0 Å². The van der Waals surface area contributed by atoms with Gasteiger partial charge in [-0.25, -0.2) is 4.39 Å². The number of rotatable bonds is 6. The number of hydrogen-bond acceptors (Lipinski definition) is 2. The van der Waals surface area contributed by atoms with Gasteiger partial charge in [-0.2, -0.15) is 0 Å². The second-order valence-corrected chi connectivity index (χ2v) is 5.72. The van der Waals surface area contributed by atoms with Crippen LogP contribution in [0.25, 0.3) is 0 Å². The van der Waals surface area contributed by atoms with Gasteiger partial charge in [-0.15, -0.1) is 0 Å². The lowest BCUT2D eigenvalue weighted by atomic mass is 10.1. The second-order valence-electron chi connectivity index (χ2n) is 4.81. The first-order valence-corrected chi connectivity index (χ1v) is 7.33. The maximum Gasteiger partial charge on any atom is 0.128 e. The molecule has 1 aliphatic rings. The third-order valence-electron chi connectivity index (χ3n) is 3.29. The summed E-state index contributed by atoms with van der Waals surface area (Å²) in [6.45, 7) is 2.46. The topological polar surface area (TPSA) is 21.3 Å².